The fourth-order valence-electron chi connectivity index (χ4n) is 3.24. The van der Waals surface area contributed by atoms with Crippen molar-refractivity contribution in [2.75, 3.05) is 19.6 Å². The van der Waals surface area contributed by atoms with Gasteiger partial charge in [0, 0.05) is 24.7 Å². The minimum atomic E-state index is 0.239. The molecule has 0 aliphatic heterocycles. The van der Waals surface area contributed by atoms with Crippen LogP contribution in [0.15, 0.2) is 0 Å². The lowest BCUT2D eigenvalue weighted by Gasteiger charge is -2.39. The molecule has 1 N–H and O–H groups in total. The average Bonchev–Trinajstić information content (AvgIpc) is 2.81. The standard InChI is InChI=1S/C17H36N2/c1-7-15(3)19(8-2)14-17(11-9-10-12-17)13-18-16(4,5)6/h15,18H,7-14H2,1-6H3. The molecule has 1 fully saturated rings. The van der Waals surface area contributed by atoms with E-state index in [-0.39, 0.29) is 5.54 Å². The molecule has 0 bridgehead atoms. The van der Waals surface area contributed by atoms with Crippen LogP contribution in [-0.4, -0.2) is 36.1 Å². The molecule has 2 heteroatoms. The van der Waals surface area contributed by atoms with Crippen molar-refractivity contribution >= 4 is 0 Å². The third-order valence-electron chi connectivity index (χ3n) is 4.82. The number of hydrogen-bond donors (Lipinski definition) is 1. The molecule has 0 amide bonds. The van der Waals surface area contributed by atoms with Crippen molar-refractivity contribution in [2.24, 2.45) is 5.41 Å². The van der Waals surface area contributed by atoms with Crippen LogP contribution in [0.4, 0.5) is 0 Å². The SMILES string of the molecule is CCC(C)N(CC)CC1(CNC(C)(C)C)CCCC1. The highest BCUT2D eigenvalue weighted by molar-refractivity contribution is 4.92. The van der Waals surface area contributed by atoms with Crippen molar-refractivity contribution in [3.8, 4) is 0 Å². The van der Waals surface area contributed by atoms with Gasteiger partial charge >= 0.3 is 0 Å². The topological polar surface area (TPSA) is 15.3 Å². The summed E-state index contributed by atoms with van der Waals surface area (Å²) in [5, 5.41) is 3.76. The zero-order valence-electron chi connectivity index (χ0n) is 14.2. The highest BCUT2D eigenvalue weighted by atomic mass is 15.2. The highest BCUT2D eigenvalue weighted by Crippen LogP contribution is 2.39. The Kier molecular flexibility index (Phi) is 6.32. The van der Waals surface area contributed by atoms with E-state index in [2.05, 4.69) is 51.8 Å². The molecule has 1 aliphatic carbocycles. The summed E-state index contributed by atoms with van der Waals surface area (Å²) >= 11 is 0. The van der Waals surface area contributed by atoms with Gasteiger partial charge < -0.3 is 10.2 Å². The Morgan fingerprint density at radius 2 is 1.74 bits per heavy atom. The van der Waals surface area contributed by atoms with Crippen LogP contribution in [0.1, 0.15) is 73.6 Å². The second kappa shape index (κ2) is 7.08. The van der Waals surface area contributed by atoms with Crippen molar-refractivity contribution in [2.45, 2.75) is 85.2 Å². The summed E-state index contributed by atoms with van der Waals surface area (Å²) in [7, 11) is 0. The van der Waals surface area contributed by atoms with Crippen LogP contribution in [-0.2, 0) is 0 Å². The van der Waals surface area contributed by atoms with Gasteiger partial charge in [0.15, 0.2) is 0 Å². The van der Waals surface area contributed by atoms with E-state index in [0.29, 0.717) is 5.41 Å². The molecule has 0 radical (unpaired) electrons. The second-order valence-corrected chi connectivity index (χ2v) is 7.63. The molecular weight excluding hydrogens is 232 g/mol. The zero-order valence-corrected chi connectivity index (χ0v) is 14.2. The zero-order chi connectivity index (χ0) is 14.5. The predicted octanol–water partition coefficient (Wildman–Crippen LogP) is 4.06. The van der Waals surface area contributed by atoms with Crippen LogP contribution in [0.25, 0.3) is 0 Å². The lowest BCUT2D eigenvalue weighted by Crippen LogP contribution is -2.49. The predicted molar refractivity (Wildman–Crippen MR) is 85.7 cm³/mol. The number of nitrogens with one attached hydrogen (secondary N) is 1. The Morgan fingerprint density at radius 1 is 1.16 bits per heavy atom. The summed E-state index contributed by atoms with van der Waals surface area (Å²) in [6.45, 7) is 17.5. The Morgan fingerprint density at radius 3 is 2.16 bits per heavy atom. The van der Waals surface area contributed by atoms with Crippen molar-refractivity contribution < 1.29 is 0 Å². The molecule has 114 valence electrons. The third-order valence-corrected chi connectivity index (χ3v) is 4.82. The summed E-state index contributed by atoms with van der Waals surface area (Å²) in [5.41, 5.74) is 0.760. The number of rotatable bonds is 7. The molecule has 0 aromatic rings. The molecule has 0 aromatic heterocycles. The third kappa shape index (κ3) is 5.43. The van der Waals surface area contributed by atoms with E-state index in [9.17, 15) is 0 Å². The Balaban J connectivity index is 2.65. The van der Waals surface area contributed by atoms with Crippen LogP contribution in [0, 0.1) is 5.41 Å². The van der Waals surface area contributed by atoms with Gasteiger partial charge in [0.1, 0.15) is 0 Å². The van der Waals surface area contributed by atoms with E-state index in [1.165, 1.54) is 51.7 Å². The first-order valence-corrected chi connectivity index (χ1v) is 8.31. The van der Waals surface area contributed by atoms with Crippen molar-refractivity contribution in [1.82, 2.24) is 10.2 Å². The quantitative estimate of drug-likeness (QED) is 0.749. The van der Waals surface area contributed by atoms with Crippen LogP contribution in [0.3, 0.4) is 0 Å². The second-order valence-electron chi connectivity index (χ2n) is 7.63. The van der Waals surface area contributed by atoms with Crippen LogP contribution in [0.2, 0.25) is 0 Å². The summed E-state index contributed by atoms with van der Waals surface area (Å²) < 4.78 is 0. The smallest absolute Gasteiger partial charge is 0.00967 e. The van der Waals surface area contributed by atoms with E-state index in [1.54, 1.807) is 0 Å². The summed E-state index contributed by atoms with van der Waals surface area (Å²) in [4.78, 5) is 2.69. The van der Waals surface area contributed by atoms with Crippen molar-refractivity contribution in [1.29, 1.82) is 0 Å². The molecule has 1 unspecified atom stereocenters. The Labute approximate surface area is 121 Å². The maximum atomic E-state index is 3.76. The Hall–Kier alpha value is -0.0800. The van der Waals surface area contributed by atoms with Crippen LogP contribution >= 0.6 is 0 Å². The first kappa shape index (κ1) is 17.0. The van der Waals surface area contributed by atoms with Gasteiger partial charge in [-0.25, -0.2) is 0 Å². The molecular formula is C17H36N2. The van der Waals surface area contributed by atoms with Crippen molar-refractivity contribution in [3.05, 3.63) is 0 Å². The van der Waals surface area contributed by atoms with Gasteiger partial charge in [0.25, 0.3) is 0 Å². The summed E-state index contributed by atoms with van der Waals surface area (Å²) in [6, 6.07) is 0.720. The molecule has 1 aliphatic rings. The minimum absolute atomic E-state index is 0.239. The van der Waals surface area contributed by atoms with E-state index in [1.807, 2.05) is 0 Å². The first-order valence-electron chi connectivity index (χ1n) is 8.31. The molecule has 0 saturated heterocycles. The van der Waals surface area contributed by atoms with E-state index in [0.717, 1.165) is 6.04 Å². The van der Waals surface area contributed by atoms with Crippen LogP contribution < -0.4 is 5.32 Å². The van der Waals surface area contributed by atoms with Gasteiger partial charge in [-0.05, 0) is 58.9 Å². The van der Waals surface area contributed by atoms with Gasteiger partial charge in [-0.2, -0.15) is 0 Å². The molecule has 2 nitrogen and oxygen atoms in total. The fraction of sp³-hybridized carbons (Fsp3) is 1.00. The van der Waals surface area contributed by atoms with Crippen molar-refractivity contribution in [3.63, 3.8) is 0 Å². The van der Waals surface area contributed by atoms with E-state index < -0.39 is 0 Å². The summed E-state index contributed by atoms with van der Waals surface area (Å²) in [6.07, 6.45) is 6.91. The highest BCUT2D eigenvalue weighted by Gasteiger charge is 2.36. The molecule has 1 rings (SSSR count). The number of nitrogens with zero attached hydrogens (tertiary/aromatic N) is 1. The normalized spacial score (nSPS) is 21.0. The van der Waals surface area contributed by atoms with E-state index in [4.69, 9.17) is 0 Å². The molecule has 1 saturated carbocycles. The van der Waals surface area contributed by atoms with Gasteiger partial charge in [-0.3, -0.25) is 0 Å². The minimum Gasteiger partial charge on any atom is -0.311 e. The average molecular weight is 268 g/mol. The monoisotopic (exact) mass is 268 g/mol. The maximum absolute atomic E-state index is 3.76. The molecule has 19 heavy (non-hydrogen) atoms. The summed E-state index contributed by atoms with van der Waals surface area (Å²) in [5.74, 6) is 0. The first-order chi connectivity index (χ1) is 8.82. The lowest BCUT2D eigenvalue weighted by atomic mass is 9.84. The van der Waals surface area contributed by atoms with Gasteiger partial charge in [0.2, 0.25) is 0 Å². The van der Waals surface area contributed by atoms with Crippen LogP contribution in [0.5, 0.6) is 0 Å². The van der Waals surface area contributed by atoms with E-state index >= 15 is 0 Å². The maximum Gasteiger partial charge on any atom is 0.00967 e. The lowest BCUT2D eigenvalue weighted by molar-refractivity contribution is 0.112. The Bertz CT molecular complexity index is 248. The number of hydrogen-bond acceptors (Lipinski definition) is 2. The van der Waals surface area contributed by atoms with Gasteiger partial charge in [-0.1, -0.05) is 26.7 Å². The molecule has 0 aromatic carbocycles. The fourth-order valence-corrected chi connectivity index (χ4v) is 3.24. The largest absolute Gasteiger partial charge is 0.311 e. The van der Waals surface area contributed by atoms with Gasteiger partial charge in [-0.15, -0.1) is 0 Å². The molecule has 1 atom stereocenters. The van der Waals surface area contributed by atoms with Gasteiger partial charge in [0.05, 0.1) is 0 Å². The molecule has 0 spiro atoms. The molecule has 0 heterocycles.